The van der Waals surface area contributed by atoms with Crippen LogP contribution in [-0.2, 0) is 0 Å². The number of amidine groups is 1. The minimum Gasteiger partial charge on any atom is -0.372 e. The molecule has 0 aromatic heterocycles. The molecule has 18 heavy (non-hydrogen) atoms. The van der Waals surface area contributed by atoms with Crippen molar-refractivity contribution >= 4 is 17.2 Å². The third-order valence-corrected chi connectivity index (χ3v) is 3.41. The minimum absolute atomic E-state index is 0.972. The van der Waals surface area contributed by atoms with Gasteiger partial charge in [0.2, 0.25) is 0 Å². The molecule has 1 aromatic carbocycles. The first kappa shape index (κ1) is 12.9. The maximum atomic E-state index is 4.51. The maximum Gasteiger partial charge on any atom is 0.101 e. The SMILES string of the molecule is CCN(CC)c1ccc(NC2=NCCCC2)cc1. The van der Waals surface area contributed by atoms with Crippen molar-refractivity contribution in [3.05, 3.63) is 24.3 Å². The van der Waals surface area contributed by atoms with Crippen LogP contribution >= 0.6 is 0 Å². The zero-order valence-electron chi connectivity index (χ0n) is 11.4. The van der Waals surface area contributed by atoms with Crippen LogP contribution in [0.1, 0.15) is 33.1 Å². The van der Waals surface area contributed by atoms with Crippen LogP contribution in [-0.4, -0.2) is 25.5 Å². The molecule has 3 heteroatoms. The quantitative estimate of drug-likeness (QED) is 0.878. The van der Waals surface area contributed by atoms with E-state index in [-0.39, 0.29) is 0 Å². The summed E-state index contributed by atoms with van der Waals surface area (Å²) in [5.74, 6) is 1.14. The summed E-state index contributed by atoms with van der Waals surface area (Å²) in [4.78, 5) is 6.86. The fraction of sp³-hybridized carbons (Fsp3) is 0.533. The molecule has 2 rings (SSSR count). The van der Waals surface area contributed by atoms with Crippen LogP contribution < -0.4 is 10.2 Å². The van der Waals surface area contributed by atoms with Crippen LogP contribution in [0.15, 0.2) is 29.3 Å². The molecular formula is C15H23N3. The number of nitrogens with zero attached hydrogens (tertiary/aromatic N) is 2. The van der Waals surface area contributed by atoms with Crippen LogP contribution in [0, 0.1) is 0 Å². The molecule has 3 nitrogen and oxygen atoms in total. The Bertz CT molecular complexity index is 391. The Hall–Kier alpha value is -1.51. The van der Waals surface area contributed by atoms with E-state index in [2.05, 4.69) is 53.3 Å². The van der Waals surface area contributed by atoms with E-state index in [9.17, 15) is 0 Å². The predicted molar refractivity (Wildman–Crippen MR) is 79.8 cm³/mol. The maximum absolute atomic E-state index is 4.51. The fourth-order valence-electron chi connectivity index (χ4n) is 2.31. The van der Waals surface area contributed by atoms with Gasteiger partial charge in [-0.05, 0) is 51.0 Å². The largest absolute Gasteiger partial charge is 0.372 e. The summed E-state index contributed by atoms with van der Waals surface area (Å²) in [6.07, 6.45) is 3.56. The average molecular weight is 245 g/mol. The summed E-state index contributed by atoms with van der Waals surface area (Å²) < 4.78 is 0. The highest BCUT2D eigenvalue weighted by Gasteiger charge is 2.06. The van der Waals surface area contributed by atoms with E-state index in [0.29, 0.717) is 0 Å². The first-order valence-corrected chi connectivity index (χ1v) is 6.99. The number of hydrogen-bond acceptors (Lipinski definition) is 3. The van der Waals surface area contributed by atoms with E-state index in [1.807, 2.05) is 0 Å². The Morgan fingerprint density at radius 1 is 1.11 bits per heavy atom. The van der Waals surface area contributed by atoms with Crippen molar-refractivity contribution in [1.82, 2.24) is 0 Å². The van der Waals surface area contributed by atoms with Gasteiger partial charge in [-0.15, -0.1) is 0 Å². The molecular weight excluding hydrogens is 222 g/mol. The molecule has 0 saturated carbocycles. The lowest BCUT2D eigenvalue weighted by Crippen LogP contribution is -2.21. The molecule has 0 atom stereocenters. The van der Waals surface area contributed by atoms with Gasteiger partial charge in [-0.3, -0.25) is 4.99 Å². The van der Waals surface area contributed by atoms with E-state index < -0.39 is 0 Å². The van der Waals surface area contributed by atoms with Crippen LogP contribution in [0.2, 0.25) is 0 Å². The Balaban J connectivity index is 2.01. The van der Waals surface area contributed by atoms with Gasteiger partial charge in [0.15, 0.2) is 0 Å². The third-order valence-electron chi connectivity index (χ3n) is 3.41. The normalized spacial score (nSPS) is 15.1. The zero-order valence-corrected chi connectivity index (χ0v) is 11.4. The average Bonchev–Trinajstić information content (AvgIpc) is 2.43. The molecule has 1 aliphatic rings. The van der Waals surface area contributed by atoms with Crippen molar-refractivity contribution in [3.63, 3.8) is 0 Å². The van der Waals surface area contributed by atoms with Gasteiger partial charge in [0.05, 0.1) is 0 Å². The topological polar surface area (TPSA) is 27.6 Å². The van der Waals surface area contributed by atoms with Gasteiger partial charge in [-0.1, -0.05) is 0 Å². The zero-order chi connectivity index (χ0) is 12.8. The molecule has 1 aliphatic heterocycles. The molecule has 0 unspecified atom stereocenters. The van der Waals surface area contributed by atoms with E-state index >= 15 is 0 Å². The van der Waals surface area contributed by atoms with E-state index in [1.54, 1.807) is 0 Å². The van der Waals surface area contributed by atoms with Crippen molar-refractivity contribution in [2.45, 2.75) is 33.1 Å². The molecule has 0 fully saturated rings. The van der Waals surface area contributed by atoms with Crippen molar-refractivity contribution in [2.24, 2.45) is 4.99 Å². The summed E-state index contributed by atoms with van der Waals surface area (Å²) in [5.41, 5.74) is 2.43. The highest BCUT2D eigenvalue weighted by Crippen LogP contribution is 2.18. The first-order chi connectivity index (χ1) is 8.83. The van der Waals surface area contributed by atoms with Crippen molar-refractivity contribution in [1.29, 1.82) is 0 Å². The van der Waals surface area contributed by atoms with Crippen LogP contribution in [0.4, 0.5) is 11.4 Å². The number of benzene rings is 1. The molecule has 1 N–H and O–H groups in total. The van der Waals surface area contributed by atoms with E-state index in [0.717, 1.165) is 37.6 Å². The summed E-state index contributed by atoms with van der Waals surface area (Å²) in [6.45, 7) is 7.45. The molecule has 98 valence electrons. The third kappa shape index (κ3) is 3.25. The molecule has 0 saturated heterocycles. The Morgan fingerprint density at radius 3 is 2.39 bits per heavy atom. The van der Waals surface area contributed by atoms with Crippen LogP contribution in [0.5, 0.6) is 0 Å². The lowest BCUT2D eigenvalue weighted by Gasteiger charge is -2.21. The van der Waals surface area contributed by atoms with Gasteiger partial charge in [-0.25, -0.2) is 0 Å². The highest BCUT2D eigenvalue weighted by molar-refractivity contribution is 5.95. The first-order valence-electron chi connectivity index (χ1n) is 6.99. The van der Waals surface area contributed by atoms with Crippen molar-refractivity contribution < 1.29 is 0 Å². The summed E-state index contributed by atoms with van der Waals surface area (Å²) in [5, 5.41) is 3.41. The molecule has 0 radical (unpaired) electrons. The van der Waals surface area contributed by atoms with Crippen molar-refractivity contribution in [2.75, 3.05) is 29.9 Å². The second kappa shape index (κ2) is 6.43. The summed E-state index contributed by atoms with van der Waals surface area (Å²) in [7, 11) is 0. The predicted octanol–water partition coefficient (Wildman–Crippen LogP) is 3.53. The standard InChI is InChI=1S/C15H23N3/c1-3-18(4-2)14-10-8-13(9-11-14)17-15-7-5-6-12-16-15/h8-11H,3-7,12H2,1-2H3,(H,16,17). The lowest BCUT2D eigenvalue weighted by atomic mass is 10.1. The Kier molecular flexibility index (Phi) is 4.62. The molecule has 0 amide bonds. The van der Waals surface area contributed by atoms with Gasteiger partial charge < -0.3 is 10.2 Å². The van der Waals surface area contributed by atoms with Gasteiger partial charge >= 0.3 is 0 Å². The minimum atomic E-state index is 0.972. The van der Waals surface area contributed by atoms with Gasteiger partial charge in [0.25, 0.3) is 0 Å². The monoisotopic (exact) mass is 245 g/mol. The molecule has 0 bridgehead atoms. The lowest BCUT2D eigenvalue weighted by molar-refractivity contribution is 0.737. The smallest absolute Gasteiger partial charge is 0.101 e. The molecule has 1 aromatic rings. The molecule has 0 aliphatic carbocycles. The van der Waals surface area contributed by atoms with Crippen LogP contribution in [0.3, 0.4) is 0 Å². The molecule has 0 spiro atoms. The van der Waals surface area contributed by atoms with Crippen LogP contribution in [0.25, 0.3) is 0 Å². The Labute approximate surface area is 110 Å². The number of aliphatic imine (C=N–C) groups is 1. The second-order valence-electron chi connectivity index (χ2n) is 4.63. The fourth-order valence-corrected chi connectivity index (χ4v) is 2.31. The van der Waals surface area contributed by atoms with E-state index in [1.165, 1.54) is 18.5 Å². The van der Waals surface area contributed by atoms with Gasteiger partial charge in [-0.2, -0.15) is 0 Å². The summed E-state index contributed by atoms with van der Waals surface area (Å²) in [6, 6.07) is 8.65. The number of hydrogen-bond donors (Lipinski definition) is 1. The number of anilines is 2. The number of nitrogens with one attached hydrogen (secondary N) is 1. The molecule has 1 heterocycles. The second-order valence-corrected chi connectivity index (χ2v) is 4.63. The van der Waals surface area contributed by atoms with Gasteiger partial charge in [0, 0.05) is 37.4 Å². The van der Waals surface area contributed by atoms with E-state index in [4.69, 9.17) is 0 Å². The van der Waals surface area contributed by atoms with Crippen molar-refractivity contribution in [3.8, 4) is 0 Å². The number of rotatable bonds is 4. The Morgan fingerprint density at radius 2 is 1.83 bits per heavy atom. The van der Waals surface area contributed by atoms with Gasteiger partial charge in [0.1, 0.15) is 5.84 Å². The highest BCUT2D eigenvalue weighted by atomic mass is 15.1. The summed E-state index contributed by atoms with van der Waals surface area (Å²) >= 11 is 0.